The third kappa shape index (κ3) is 7.69. The first-order chi connectivity index (χ1) is 19.6. The molecule has 1 atom stereocenters. The lowest BCUT2D eigenvalue weighted by Crippen LogP contribution is -2.51. The maximum atomic E-state index is 13.9. The third-order valence-electron chi connectivity index (χ3n) is 6.42. The normalized spacial score (nSPS) is 12.5. The SMILES string of the molecule is CC[C@H](C(=O)NC)N(Cc1ccc(Cl)cc1Cl)C(=O)CN(c1ccc(Cl)c(C(F)(F)F)c1)S(=O)(=O)c1ccc(C)cc1. The molecule has 0 spiro atoms. The molecule has 226 valence electrons. The molecule has 0 aliphatic heterocycles. The molecule has 2 amide bonds. The average molecular weight is 665 g/mol. The molecule has 0 aliphatic carbocycles. The molecular weight excluding hydrogens is 638 g/mol. The Morgan fingerprint density at radius 3 is 2.14 bits per heavy atom. The summed E-state index contributed by atoms with van der Waals surface area (Å²) in [5, 5.41) is 2.37. The molecule has 0 aromatic heterocycles. The zero-order valence-electron chi connectivity index (χ0n) is 22.7. The minimum absolute atomic E-state index is 0.139. The molecule has 0 radical (unpaired) electrons. The summed E-state index contributed by atoms with van der Waals surface area (Å²) in [6, 6.07) is 11.6. The first-order valence-corrected chi connectivity index (χ1v) is 15.1. The predicted octanol–water partition coefficient (Wildman–Crippen LogP) is 6.72. The summed E-state index contributed by atoms with van der Waals surface area (Å²) in [6.45, 7) is 2.23. The molecule has 0 heterocycles. The number of nitrogens with zero attached hydrogens (tertiary/aromatic N) is 2. The van der Waals surface area contributed by atoms with E-state index in [2.05, 4.69) is 5.32 Å². The van der Waals surface area contributed by atoms with Crippen molar-refractivity contribution in [1.29, 1.82) is 0 Å². The molecule has 7 nitrogen and oxygen atoms in total. The number of carbonyl (C=O) groups is 2. The number of aryl methyl sites for hydroxylation is 1. The van der Waals surface area contributed by atoms with Crippen LogP contribution in [0.25, 0.3) is 0 Å². The Labute approximate surface area is 257 Å². The standard InChI is InChI=1S/C28H27Cl3F3N3O4S/c1-4-25(27(39)35-3)36(15-18-7-8-19(29)13-24(18)31)26(38)16-37(42(40,41)21-10-5-17(2)6-11-21)20-9-12-23(30)22(14-20)28(32,33)34/h5-14,25H,4,15-16H2,1-3H3,(H,35,39)/t25-/m1/s1. The topological polar surface area (TPSA) is 86.8 Å². The highest BCUT2D eigenvalue weighted by Gasteiger charge is 2.37. The summed E-state index contributed by atoms with van der Waals surface area (Å²) in [6.07, 6.45) is -4.76. The number of carbonyl (C=O) groups excluding carboxylic acids is 2. The summed E-state index contributed by atoms with van der Waals surface area (Å²) in [5.74, 6) is -1.40. The fraction of sp³-hybridized carbons (Fsp3) is 0.286. The van der Waals surface area contributed by atoms with Crippen molar-refractivity contribution in [3.63, 3.8) is 0 Å². The third-order valence-corrected chi connectivity index (χ3v) is 9.12. The lowest BCUT2D eigenvalue weighted by atomic mass is 10.1. The minimum atomic E-state index is -4.90. The fourth-order valence-corrected chi connectivity index (χ4v) is 6.27. The largest absolute Gasteiger partial charge is 0.417 e. The van der Waals surface area contributed by atoms with Gasteiger partial charge in [-0.3, -0.25) is 13.9 Å². The van der Waals surface area contributed by atoms with Gasteiger partial charge in [0.25, 0.3) is 10.0 Å². The lowest BCUT2D eigenvalue weighted by molar-refractivity contribution is -0.140. The van der Waals surface area contributed by atoms with Crippen LogP contribution < -0.4 is 9.62 Å². The first kappa shape index (κ1) is 33.5. The van der Waals surface area contributed by atoms with Crippen molar-refractivity contribution in [3.05, 3.63) is 92.4 Å². The molecule has 0 saturated carbocycles. The average Bonchev–Trinajstić information content (AvgIpc) is 2.92. The molecule has 42 heavy (non-hydrogen) atoms. The van der Waals surface area contributed by atoms with Crippen LogP contribution in [-0.4, -0.2) is 44.8 Å². The van der Waals surface area contributed by atoms with Crippen LogP contribution in [0.2, 0.25) is 15.1 Å². The van der Waals surface area contributed by atoms with Crippen molar-refractivity contribution >= 4 is 62.3 Å². The van der Waals surface area contributed by atoms with Crippen molar-refractivity contribution in [2.75, 3.05) is 17.9 Å². The number of hydrogen-bond donors (Lipinski definition) is 1. The number of hydrogen-bond acceptors (Lipinski definition) is 4. The summed E-state index contributed by atoms with van der Waals surface area (Å²) < 4.78 is 69.5. The van der Waals surface area contributed by atoms with Gasteiger partial charge in [-0.1, -0.05) is 65.5 Å². The maximum absolute atomic E-state index is 13.9. The monoisotopic (exact) mass is 663 g/mol. The number of rotatable bonds is 10. The number of anilines is 1. The van der Waals surface area contributed by atoms with Crippen LogP contribution in [0.3, 0.4) is 0 Å². The van der Waals surface area contributed by atoms with E-state index in [0.29, 0.717) is 21.0 Å². The summed E-state index contributed by atoms with van der Waals surface area (Å²) in [5.41, 5.74) is -0.571. The van der Waals surface area contributed by atoms with Crippen LogP contribution in [0.15, 0.2) is 65.6 Å². The Balaban J connectivity index is 2.17. The molecule has 0 aliphatic rings. The molecule has 3 aromatic carbocycles. The van der Waals surface area contributed by atoms with Crippen LogP contribution in [0.5, 0.6) is 0 Å². The second-order valence-electron chi connectivity index (χ2n) is 9.28. The van der Waals surface area contributed by atoms with Crippen LogP contribution in [0, 0.1) is 6.92 Å². The molecule has 1 N–H and O–H groups in total. The number of alkyl halides is 3. The van der Waals surface area contributed by atoms with Gasteiger partial charge in [0.1, 0.15) is 12.6 Å². The number of benzene rings is 3. The van der Waals surface area contributed by atoms with E-state index in [4.69, 9.17) is 34.8 Å². The zero-order chi connectivity index (χ0) is 31.4. The highest BCUT2D eigenvalue weighted by Crippen LogP contribution is 2.38. The lowest BCUT2D eigenvalue weighted by Gasteiger charge is -2.33. The zero-order valence-corrected chi connectivity index (χ0v) is 25.8. The molecule has 14 heteroatoms. The molecule has 0 saturated heterocycles. The molecule has 0 unspecified atom stereocenters. The number of sulfonamides is 1. The van der Waals surface area contributed by atoms with Crippen LogP contribution in [-0.2, 0) is 32.3 Å². The molecule has 3 aromatic rings. The van der Waals surface area contributed by atoms with Gasteiger partial charge in [-0.2, -0.15) is 13.2 Å². The van der Waals surface area contributed by atoms with Gasteiger partial charge in [0.05, 0.1) is 21.2 Å². The molecule has 3 rings (SSSR count). The van der Waals surface area contributed by atoms with E-state index < -0.39 is 56.9 Å². The van der Waals surface area contributed by atoms with Gasteiger partial charge in [0.15, 0.2) is 0 Å². The molecule has 0 bridgehead atoms. The predicted molar refractivity (Wildman–Crippen MR) is 157 cm³/mol. The van der Waals surface area contributed by atoms with Gasteiger partial charge in [-0.25, -0.2) is 8.42 Å². The van der Waals surface area contributed by atoms with Crippen molar-refractivity contribution in [1.82, 2.24) is 10.2 Å². The van der Waals surface area contributed by atoms with Gasteiger partial charge in [0.2, 0.25) is 11.8 Å². The fourth-order valence-electron chi connectivity index (χ4n) is 4.17. The quantitative estimate of drug-likeness (QED) is 0.261. The first-order valence-electron chi connectivity index (χ1n) is 12.5. The second-order valence-corrected chi connectivity index (χ2v) is 12.4. The van der Waals surface area contributed by atoms with Crippen LogP contribution in [0.4, 0.5) is 18.9 Å². The van der Waals surface area contributed by atoms with Gasteiger partial charge in [0, 0.05) is 23.6 Å². The Kier molecular flexibility index (Phi) is 10.8. The van der Waals surface area contributed by atoms with Gasteiger partial charge < -0.3 is 10.2 Å². The van der Waals surface area contributed by atoms with Gasteiger partial charge in [-0.05, 0) is 61.4 Å². The van der Waals surface area contributed by atoms with Gasteiger partial charge >= 0.3 is 6.18 Å². The van der Waals surface area contributed by atoms with E-state index in [1.54, 1.807) is 19.9 Å². The Hall–Kier alpha value is -2.99. The number of amides is 2. The summed E-state index contributed by atoms with van der Waals surface area (Å²) in [7, 11) is -3.21. The Morgan fingerprint density at radius 1 is 0.952 bits per heavy atom. The number of likely N-dealkylation sites (N-methyl/N-ethyl adjacent to an activating group) is 1. The summed E-state index contributed by atoms with van der Waals surface area (Å²) >= 11 is 18.1. The highest BCUT2D eigenvalue weighted by atomic mass is 35.5. The summed E-state index contributed by atoms with van der Waals surface area (Å²) in [4.78, 5) is 27.6. The second kappa shape index (κ2) is 13.5. The van der Waals surface area contributed by atoms with E-state index in [1.165, 1.54) is 43.4 Å². The maximum Gasteiger partial charge on any atom is 0.417 e. The molecular formula is C28H27Cl3F3N3O4S. The minimum Gasteiger partial charge on any atom is -0.357 e. The Bertz CT molecular complexity index is 1570. The van der Waals surface area contributed by atoms with Gasteiger partial charge in [-0.15, -0.1) is 0 Å². The number of nitrogens with one attached hydrogen (secondary N) is 1. The van der Waals surface area contributed by atoms with Crippen molar-refractivity contribution in [2.45, 2.75) is 43.9 Å². The van der Waals surface area contributed by atoms with Crippen LogP contribution >= 0.6 is 34.8 Å². The Morgan fingerprint density at radius 2 is 1.60 bits per heavy atom. The van der Waals surface area contributed by atoms with Crippen molar-refractivity contribution in [3.8, 4) is 0 Å². The van der Waals surface area contributed by atoms with Crippen molar-refractivity contribution in [2.24, 2.45) is 0 Å². The highest BCUT2D eigenvalue weighted by molar-refractivity contribution is 7.92. The van der Waals surface area contributed by atoms with Crippen LogP contribution in [0.1, 0.15) is 30.0 Å². The van der Waals surface area contributed by atoms with E-state index in [-0.39, 0.29) is 22.9 Å². The van der Waals surface area contributed by atoms with E-state index >= 15 is 0 Å². The smallest absolute Gasteiger partial charge is 0.357 e. The van der Waals surface area contributed by atoms with E-state index in [9.17, 15) is 31.2 Å². The molecule has 0 fully saturated rings. The van der Waals surface area contributed by atoms with Crippen molar-refractivity contribution < 1.29 is 31.2 Å². The van der Waals surface area contributed by atoms with E-state index in [1.807, 2.05) is 0 Å². The number of halogens is 6. The van der Waals surface area contributed by atoms with E-state index in [0.717, 1.165) is 22.6 Å².